The highest BCUT2D eigenvalue weighted by Gasteiger charge is 2.20. The molecular formula is C20H15FN6O. The van der Waals surface area contributed by atoms with E-state index in [1.807, 2.05) is 12.1 Å². The fraction of sp³-hybridized carbons (Fsp3) is 0.0500. The zero-order chi connectivity index (χ0) is 19.4. The molecule has 2 aromatic carbocycles. The number of nitrogens with two attached hydrogens (primary N) is 1. The molecule has 0 aliphatic rings. The topological polar surface area (TPSA) is 94.5 Å². The summed E-state index contributed by atoms with van der Waals surface area (Å²) in [7, 11) is 1.79. The van der Waals surface area contributed by atoms with Crippen molar-refractivity contribution in [2.45, 2.75) is 0 Å². The van der Waals surface area contributed by atoms with Crippen molar-refractivity contribution in [3.63, 3.8) is 0 Å². The second-order valence-corrected chi connectivity index (χ2v) is 6.57. The summed E-state index contributed by atoms with van der Waals surface area (Å²) in [5.74, 6) is -0.371. The van der Waals surface area contributed by atoms with Crippen molar-refractivity contribution in [3.8, 4) is 16.9 Å². The number of nitrogens with zero attached hydrogens (tertiary/aromatic N) is 4. The number of benzene rings is 2. The van der Waals surface area contributed by atoms with E-state index in [9.17, 15) is 9.18 Å². The number of hydrogen-bond acceptors (Lipinski definition) is 4. The van der Waals surface area contributed by atoms with Gasteiger partial charge in [-0.3, -0.25) is 14.6 Å². The van der Waals surface area contributed by atoms with E-state index in [-0.39, 0.29) is 11.4 Å². The zero-order valence-electron chi connectivity index (χ0n) is 14.8. The second-order valence-electron chi connectivity index (χ2n) is 6.57. The first-order valence-corrected chi connectivity index (χ1v) is 8.61. The van der Waals surface area contributed by atoms with Crippen molar-refractivity contribution in [3.05, 3.63) is 70.9 Å². The van der Waals surface area contributed by atoms with E-state index < -0.39 is 0 Å². The lowest BCUT2D eigenvalue weighted by atomic mass is 10.1. The quantitative estimate of drug-likeness (QED) is 0.465. The van der Waals surface area contributed by atoms with Crippen LogP contribution in [0.3, 0.4) is 0 Å². The summed E-state index contributed by atoms with van der Waals surface area (Å²) < 4.78 is 16.3. The van der Waals surface area contributed by atoms with Gasteiger partial charge in [-0.1, -0.05) is 12.1 Å². The van der Waals surface area contributed by atoms with E-state index in [4.69, 9.17) is 10.7 Å². The lowest BCUT2D eigenvalue weighted by molar-refractivity contribution is 0.627. The van der Waals surface area contributed by atoms with Gasteiger partial charge in [0.2, 0.25) is 0 Å². The van der Waals surface area contributed by atoms with Gasteiger partial charge in [0, 0.05) is 18.3 Å². The molecule has 138 valence electrons. The van der Waals surface area contributed by atoms with Gasteiger partial charge in [0.1, 0.15) is 5.82 Å². The van der Waals surface area contributed by atoms with Gasteiger partial charge in [0.25, 0.3) is 5.56 Å². The molecule has 8 heteroatoms. The molecule has 0 amide bonds. The average molecular weight is 374 g/mol. The first kappa shape index (κ1) is 16.2. The number of fused-ring (bicyclic) bond motifs is 3. The van der Waals surface area contributed by atoms with Gasteiger partial charge in [-0.15, -0.1) is 0 Å². The third-order valence-corrected chi connectivity index (χ3v) is 4.77. The molecule has 0 aliphatic carbocycles. The second kappa shape index (κ2) is 5.78. The average Bonchev–Trinajstić information content (AvgIpc) is 3.23. The number of pyridine rings is 1. The minimum atomic E-state index is -0.371. The summed E-state index contributed by atoms with van der Waals surface area (Å²) in [6.45, 7) is 0. The van der Waals surface area contributed by atoms with Gasteiger partial charge < -0.3 is 5.73 Å². The molecule has 0 aliphatic heterocycles. The number of aryl methyl sites for hydroxylation is 1. The number of nitrogens with one attached hydrogen (secondary N) is 1. The van der Waals surface area contributed by atoms with Crippen LogP contribution in [0.5, 0.6) is 0 Å². The number of aromatic amines is 1. The molecule has 0 saturated heterocycles. The number of anilines is 1. The first-order valence-electron chi connectivity index (χ1n) is 8.61. The Bertz CT molecular complexity index is 1410. The Morgan fingerprint density at radius 1 is 1.14 bits per heavy atom. The largest absolute Gasteiger partial charge is 0.399 e. The molecule has 0 saturated carbocycles. The molecule has 0 bridgehead atoms. The third kappa shape index (κ3) is 2.31. The summed E-state index contributed by atoms with van der Waals surface area (Å²) in [5, 5.41) is 8.56. The number of rotatable bonds is 2. The van der Waals surface area contributed by atoms with Crippen LogP contribution < -0.4 is 11.3 Å². The monoisotopic (exact) mass is 374 g/mol. The van der Waals surface area contributed by atoms with E-state index in [1.165, 1.54) is 16.8 Å². The maximum atomic E-state index is 13.3. The van der Waals surface area contributed by atoms with Gasteiger partial charge in [0.15, 0.2) is 5.65 Å². The normalized spacial score (nSPS) is 11.5. The molecular weight excluding hydrogens is 359 g/mol. The van der Waals surface area contributed by atoms with Gasteiger partial charge in [-0.05, 0) is 36.4 Å². The van der Waals surface area contributed by atoms with E-state index in [2.05, 4.69) is 10.2 Å². The molecule has 0 spiro atoms. The predicted molar refractivity (Wildman–Crippen MR) is 106 cm³/mol. The number of halogens is 1. The molecule has 0 unspecified atom stereocenters. The van der Waals surface area contributed by atoms with Crippen LogP contribution in [0, 0.1) is 5.82 Å². The number of nitrogen functional groups attached to an aromatic ring is 1. The summed E-state index contributed by atoms with van der Waals surface area (Å²) >= 11 is 0. The highest BCUT2D eigenvalue weighted by Crippen LogP contribution is 2.30. The van der Waals surface area contributed by atoms with Crippen LogP contribution in [-0.2, 0) is 7.05 Å². The Hall–Kier alpha value is -3.94. The highest BCUT2D eigenvalue weighted by atomic mass is 19.1. The summed E-state index contributed by atoms with van der Waals surface area (Å²) in [6.07, 6.45) is 1.67. The maximum Gasteiger partial charge on any atom is 0.281 e. The molecule has 28 heavy (non-hydrogen) atoms. The van der Waals surface area contributed by atoms with Gasteiger partial charge >= 0.3 is 0 Å². The number of aromatic nitrogens is 5. The van der Waals surface area contributed by atoms with Crippen molar-refractivity contribution in [2.24, 2.45) is 7.05 Å². The van der Waals surface area contributed by atoms with Crippen LogP contribution in [-0.4, -0.2) is 24.5 Å². The van der Waals surface area contributed by atoms with Crippen molar-refractivity contribution in [1.29, 1.82) is 0 Å². The molecule has 5 aromatic rings. The minimum absolute atomic E-state index is 0.280. The molecule has 0 fully saturated rings. The summed E-state index contributed by atoms with van der Waals surface area (Å²) in [6, 6.07) is 12.9. The Balaban J connectivity index is 1.92. The molecule has 7 nitrogen and oxygen atoms in total. The molecule has 3 heterocycles. The summed E-state index contributed by atoms with van der Waals surface area (Å²) in [5.41, 5.74) is 9.26. The van der Waals surface area contributed by atoms with E-state index in [1.54, 1.807) is 42.2 Å². The summed E-state index contributed by atoms with van der Waals surface area (Å²) in [4.78, 5) is 18.0. The van der Waals surface area contributed by atoms with E-state index >= 15 is 0 Å². The van der Waals surface area contributed by atoms with Gasteiger partial charge in [-0.25, -0.2) is 14.1 Å². The Labute approximate surface area is 157 Å². The van der Waals surface area contributed by atoms with Crippen LogP contribution in [0.1, 0.15) is 0 Å². The fourth-order valence-electron chi connectivity index (χ4n) is 3.42. The van der Waals surface area contributed by atoms with Crippen molar-refractivity contribution >= 4 is 27.6 Å². The van der Waals surface area contributed by atoms with Crippen LogP contribution in [0.25, 0.3) is 38.9 Å². The maximum absolute atomic E-state index is 13.3. The van der Waals surface area contributed by atoms with Gasteiger partial charge in [0.05, 0.1) is 33.9 Å². The zero-order valence-corrected chi connectivity index (χ0v) is 14.8. The van der Waals surface area contributed by atoms with Crippen molar-refractivity contribution in [1.82, 2.24) is 24.5 Å². The van der Waals surface area contributed by atoms with Crippen LogP contribution in [0.2, 0.25) is 0 Å². The van der Waals surface area contributed by atoms with E-state index in [0.29, 0.717) is 33.6 Å². The Kier molecular flexibility index (Phi) is 3.35. The first-order chi connectivity index (χ1) is 13.5. The highest BCUT2D eigenvalue weighted by molar-refractivity contribution is 6.07. The SMILES string of the molecule is Cn1ncc2c3[nH]n(-c4ccc(F)cc4)c(=O)c3c(-c3cccc(N)c3)nc21. The standard InChI is InChI=1S/C20H15FN6O/c1-26-19-15(10-23-26)18-16(17(24-19)11-3-2-4-13(22)9-11)20(28)27(25-18)14-7-5-12(21)6-8-14/h2-10,25H,22H2,1H3. The lowest BCUT2D eigenvalue weighted by Gasteiger charge is -2.05. The fourth-order valence-corrected chi connectivity index (χ4v) is 3.42. The smallest absolute Gasteiger partial charge is 0.281 e. The van der Waals surface area contributed by atoms with Crippen molar-refractivity contribution in [2.75, 3.05) is 5.73 Å². The number of hydrogen-bond donors (Lipinski definition) is 2. The molecule has 5 rings (SSSR count). The van der Waals surface area contributed by atoms with Gasteiger partial charge in [-0.2, -0.15) is 5.10 Å². The predicted octanol–water partition coefficient (Wildman–Crippen LogP) is 2.99. The third-order valence-electron chi connectivity index (χ3n) is 4.77. The number of H-pyrrole nitrogens is 1. The molecule has 0 atom stereocenters. The van der Waals surface area contributed by atoms with Crippen LogP contribution in [0.4, 0.5) is 10.1 Å². The van der Waals surface area contributed by atoms with Crippen molar-refractivity contribution < 1.29 is 4.39 Å². The lowest BCUT2D eigenvalue weighted by Crippen LogP contribution is -2.14. The Morgan fingerprint density at radius 3 is 2.68 bits per heavy atom. The molecule has 3 aromatic heterocycles. The molecule has 3 N–H and O–H groups in total. The van der Waals surface area contributed by atoms with Crippen LogP contribution in [0.15, 0.2) is 59.5 Å². The Morgan fingerprint density at radius 2 is 1.93 bits per heavy atom. The minimum Gasteiger partial charge on any atom is -0.399 e. The van der Waals surface area contributed by atoms with Crippen LogP contribution >= 0.6 is 0 Å². The van der Waals surface area contributed by atoms with E-state index in [0.717, 1.165) is 10.9 Å². The molecule has 0 radical (unpaired) electrons.